The smallest absolute Gasteiger partial charge is 0.261 e. The molecule has 1 aromatic heterocycles. The third-order valence-corrected chi connectivity index (χ3v) is 6.04. The molecule has 23 heavy (non-hydrogen) atoms. The third kappa shape index (κ3) is 3.03. The number of hydrogen-bond donors (Lipinski definition) is 1. The first kappa shape index (κ1) is 14.8. The van der Waals surface area contributed by atoms with E-state index in [2.05, 4.69) is 10.2 Å². The van der Waals surface area contributed by atoms with Crippen molar-refractivity contribution in [1.82, 2.24) is 10.2 Å². The van der Waals surface area contributed by atoms with E-state index in [4.69, 9.17) is 0 Å². The van der Waals surface area contributed by atoms with Gasteiger partial charge in [-0.2, -0.15) is 0 Å². The van der Waals surface area contributed by atoms with Crippen molar-refractivity contribution in [2.75, 3.05) is 19.6 Å². The average Bonchev–Trinajstić information content (AvgIpc) is 3.06. The van der Waals surface area contributed by atoms with E-state index >= 15 is 0 Å². The second kappa shape index (κ2) is 6.06. The number of carbonyl (C=O) groups excluding carboxylic acids is 1. The number of thiophene rings is 1. The molecule has 3 fully saturated rings. The fraction of sp³-hybridized carbons (Fsp3) is 0.389. The van der Waals surface area contributed by atoms with Crippen LogP contribution in [0.25, 0.3) is 10.4 Å². The van der Waals surface area contributed by atoms with Crippen molar-refractivity contribution >= 4 is 17.2 Å². The van der Waals surface area contributed by atoms with E-state index in [9.17, 15) is 9.18 Å². The first-order chi connectivity index (χ1) is 11.2. The first-order valence-electron chi connectivity index (χ1n) is 8.08. The fourth-order valence-electron chi connectivity index (χ4n) is 3.62. The topological polar surface area (TPSA) is 32.3 Å². The van der Waals surface area contributed by atoms with Crippen LogP contribution in [0.5, 0.6) is 0 Å². The largest absolute Gasteiger partial charge is 0.347 e. The minimum absolute atomic E-state index is 0.00333. The highest BCUT2D eigenvalue weighted by molar-refractivity contribution is 7.17. The fourth-order valence-corrected chi connectivity index (χ4v) is 4.53. The molecule has 3 saturated heterocycles. The van der Waals surface area contributed by atoms with Gasteiger partial charge in [0.1, 0.15) is 5.82 Å². The number of carbonyl (C=O) groups is 1. The Labute approximate surface area is 139 Å². The van der Waals surface area contributed by atoms with Crippen LogP contribution in [-0.4, -0.2) is 36.5 Å². The summed E-state index contributed by atoms with van der Waals surface area (Å²) in [6.45, 7) is 3.30. The third-order valence-electron chi connectivity index (χ3n) is 4.91. The SMILES string of the molecule is O=C(NC1CN2CCC1CC2)c1ccc(-c2cccc(F)c2)s1. The summed E-state index contributed by atoms with van der Waals surface area (Å²) in [5.41, 5.74) is 0.817. The molecule has 5 rings (SSSR count). The van der Waals surface area contributed by atoms with Gasteiger partial charge in [-0.3, -0.25) is 4.79 Å². The second-order valence-electron chi connectivity index (χ2n) is 6.39. The molecule has 3 aliphatic heterocycles. The van der Waals surface area contributed by atoms with Crippen LogP contribution in [0.3, 0.4) is 0 Å². The van der Waals surface area contributed by atoms with Crippen molar-refractivity contribution in [2.45, 2.75) is 18.9 Å². The summed E-state index contributed by atoms with van der Waals surface area (Å²) in [7, 11) is 0. The van der Waals surface area contributed by atoms with Crippen LogP contribution in [0.2, 0.25) is 0 Å². The van der Waals surface area contributed by atoms with Gasteiger partial charge in [0.15, 0.2) is 0 Å². The molecule has 0 saturated carbocycles. The Bertz CT molecular complexity index is 721. The molecule has 1 atom stereocenters. The molecule has 1 amide bonds. The van der Waals surface area contributed by atoms with Crippen LogP contribution in [0.15, 0.2) is 36.4 Å². The number of hydrogen-bond acceptors (Lipinski definition) is 3. The van der Waals surface area contributed by atoms with Crippen LogP contribution in [0.1, 0.15) is 22.5 Å². The highest BCUT2D eigenvalue weighted by atomic mass is 32.1. The first-order valence-corrected chi connectivity index (χ1v) is 8.90. The van der Waals surface area contributed by atoms with E-state index in [0.29, 0.717) is 10.8 Å². The van der Waals surface area contributed by atoms with Gasteiger partial charge >= 0.3 is 0 Å². The Balaban J connectivity index is 1.47. The molecular weight excluding hydrogens is 311 g/mol. The number of halogens is 1. The van der Waals surface area contributed by atoms with Crippen LogP contribution >= 0.6 is 11.3 Å². The molecule has 0 aliphatic carbocycles. The van der Waals surface area contributed by atoms with Gasteiger partial charge in [-0.05, 0) is 61.7 Å². The maximum absolute atomic E-state index is 13.3. The van der Waals surface area contributed by atoms with E-state index in [1.807, 2.05) is 18.2 Å². The number of benzene rings is 1. The van der Waals surface area contributed by atoms with E-state index < -0.39 is 0 Å². The van der Waals surface area contributed by atoms with E-state index in [1.165, 1.54) is 49.4 Å². The summed E-state index contributed by atoms with van der Waals surface area (Å²) in [6, 6.07) is 10.5. The Morgan fingerprint density at radius 1 is 1.22 bits per heavy atom. The van der Waals surface area contributed by atoms with E-state index in [1.54, 1.807) is 6.07 Å². The lowest BCUT2D eigenvalue weighted by molar-refractivity contribution is 0.0622. The molecule has 3 aliphatic rings. The van der Waals surface area contributed by atoms with Gasteiger partial charge in [-0.25, -0.2) is 4.39 Å². The van der Waals surface area contributed by atoms with Crippen LogP contribution in [0.4, 0.5) is 4.39 Å². The average molecular weight is 330 g/mol. The molecule has 120 valence electrons. The van der Waals surface area contributed by atoms with Gasteiger partial charge < -0.3 is 10.2 Å². The highest BCUT2D eigenvalue weighted by Gasteiger charge is 2.35. The van der Waals surface area contributed by atoms with Crippen molar-refractivity contribution in [3.05, 3.63) is 47.1 Å². The Kier molecular flexibility index (Phi) is 3.91. The summed E-state index contributed by atoms with van der Waals surface area (Å²) < 4.78 is 13.3. The van der Waals surface area contributed by atoms with Crippen molar-refractivity contribution < 1.29 is 9.18 Å². The maximum atomic E-state index is 13.3. The number of nitrogens with one attached hydrogen (secondary N) is 1. The summed E-state index contributed by atoms with van der Waals surface area (Å²) >= 11 is 1.42. The number of nitrogens with zero attached hydrogens (tertiary/aromatic N) is 1. The molecule has 2 aromatic rings. The number of fused-ring (bicyclic) bond motifs is 3. The van der Waals surface area contributed by atoms with Crippen molar-refractivity contribution in [3.63, 3.8) is 0 Å². The Hall–Kier alpha value is -1.72. The summed E-state index contributed by atoms with van der Waals surface area (Å²) in [4.78, 5) is 16.6. The molecule has 0 radical (unpaired) electrons. The molecule has 3 nitrogen and oxygen atoms in total. The van der Waals surface area contributed by atoms with Gasteiger partial charge in [0.25, 0.3) is 5.91 Å². The molecule has 4 heterocycles. The van der Waals surface area contributed by atoms with E-state index in [0.717, 1.165) is 17.0 Å². The quantitative estimate of drug-likeness (QED) is 0.936. The summed E-state index contributed by atoms with van der Waals surface area (Å²) in [5.74, 6) is 0.359. The highest BCUT2D eigenvalue weighted by Crippen LogP contribution is 2.30. The zero-order valence-electron chi connectivity index (χ0n) is 12.8. The minimum Gasteiger partial charge on any atom is -0.347 e. The van der Waals surface area contributed by atoms with E-state index in [-0.39, 0.29) is 17.8 Å². The normalized spacial score (nSPS) is 26.2. The zero-order chi connectivity index (χ0) is 15.8. The summed E-state index contributed by atoms with van der Waals surface area (Å²) in [5, 5.41) is 3.20. The lowest BCUT2D eigenvalue weighted by Gasteiger charge is -2.44. The molecule has 1 N–H and O–H groups in total. The monoisotopic (exact) mass is 330 g/mol. The molecular formula is C18H19FN2OS. The van der Waals surface area contributed by atoms with Crippen molar-refractivity contribution in [1.29, 1.82) is 0 Å². The Morgan fingerprint density at radius 3 is 2.74 bits per heavy atom. The van der Waals surface area contributed by atoms with Crippen LogP contribution in [-0.2, 0) is 0 Å². The van der Waals surface area contributed by atoms with Crippen LogP contribution in [0, 0.1) is 11.7 Å². The predicted molar refractivity (Wildman–Crippen MR) is 90.1 cm³/mol. The lowest BCUT2D eigenvalue weighted by Crippen LogP contribution is -2.57. The molecule has 1 unspecified atom stereocenters. The zero-order valence-corrected chi connectivity index (χ0v) is 13.6. The second-order valence-corrected chi connectivity index (χ2v) is 7.48. The standard InChI is InChI=1S/C18H19FN2OS/c19-14-3-1-2-13(10-14)16-4-5-17(23-16)18(22)20-15-11-21-8-6-12(15)7-9-21/h1-5,10,12,15H,6-9,11H2,(H,20,22). The number of amides is 1. The van der Waals surface area contributed by atoms with Crippen molar-refractivity contribution in [3.8, 4) is 10.4 Å². The maximum Gasteiger partial charge on any atom is 0.261 e. The molecule has 1 aromatic carbocycles. The van der Waals surface area contributed by atoms with Gasteiger partial charge in [0, 0.05) is 17.5 Å². The number of piperidine rings is 3. The predicted octanol–water partition coefficient (Wildman–Crippen LogP) is 3.38. The van der Waals surface area contributed by atoms with Gasteiger partial charge in [-0.15, -0.1) is 11.3 Å². The molecule has 5 heteroatoms. The van der Waals surface area contributed by atoms with Gasteiger partial charge in [0.05, 0.1) is 4.88 Å². The lowest BCUT2D eigenvalue weighted by atomic mass is 9.84. The van der Waals surface area contributed by atoms with Gasteiger partial charge in [-0.1, -0.05) is 12.1 Å². The number of rotatable bonds is 3. The minimum atomic E-state index is -0.255. The van der Waals surface area contributed by atoms with Crippen LogP contribution < -0.4 is 5.32 Å². The van der Waals surface area contributed by atoms with Crippen molar-refractivity contribution in [2.24, 2.45) is 5.92 Å². The molecule has 0 spiro atoms. The van der Waals surface area contributed by atoms with Gasteiger partial charge in [0.2, 0.25) is 0 Å². The Morgan fingerprint density at radius 2 is 2.04 bits per heavy atom. The summed E-state index contributed by atoms with van der Waals surface area (Å²) in [6.07, 6.45) is 2.37. The molecule has 2 bridgehead atoms.